The van der Waals surface area contributed by atoms with Gasteiger partial charge in [-0.15, -0.1) is 0 Å². The largest absolute Gasteiger partial charge is 0.501 e. The molecule has 0 saturated heterocycles. The number of hydrogen-bond donors (Lipinski definition) is 1. The summed E-state index contributed by atoms with van der Waals surface area (Å²) in [5.41, 5.74) is 1.44. The molecule has 1 aromatic rings. The molecule has 0 spiro atoms. The summed E-state index contributed by atoms with van der Waals surface area (Å²) in [6.07, 6.45) is 0. The Balaban J connectivity index is 0.00000289. The summed E-state index contributed by atoms with van der Waals surface area (Å²) in [6.45, 7) is 3.68. The van der Waals surface area contributed by atoms with Crippen molar-refractivity contribution in [2.45, 2.75) is 13.8 Å². The van der Waals surface area contributed by atoms with Gasteiger partial charge in [0.1, 0.15) is 11.6 Å². The van der Waals surface area contributed by atoms with Crippen molar-refractivity contribution in [2.75, 3.05) is 6.61 Å². The number of aliphatic hydroxyl groups is 1. The zero-order chi connectivity index (χ0) is 12.8. The Labute approximate surface area is 128 Å². The molecule has 0 fully saturated rings. The van der Waals surface area contributed by atoms with Crippen molar-refractivity contribution in [3.8, 4) is 6.07 Å². The van der Waals surface area contributed by atoms with Crippen LogP contribution in [0.5, 0.6) is 0 Å². The van der Waals surface area contributed by atoms with Crippen LogP contribution in [0.25, 0.3) is 5.57 Å². The van der Waals surface area contributed by atoms with Gasteiger partial charge in [0.25, 0.3) is 0 Å². The first-order chi connectivity index (χ1) is 8.10. The van der Waals surface area contributed by atoms with Crippen LogP contribution < -0.4 is 0 Å². The van der Waals surface area contributed by atoms with Gasteiger partial charge in [-0.1, -0.05) is 29.8 Å². The van der Waals surface area contributed by atoms with Gasteiger partial charge in [0.05, 0.1) is 6.61 Å². The minimum Gasteiger partial charge on any atom is -0.501 e. The molecule has 0 aliphatic carbocycles. The van der Waals surface area contributed by atoms with E-state index in [4.69, 9.17) is 5.26 Å². The molecule has 1 radical (unpaired) electrons. The number of rotatable bonds is 3. The summed E-state index contributed by atoms with van der Waals surface area (Å²) in [6, 6.07) is 8.74. The van der Waals surface area contributed by atoms with Gasteiger partial charge >= 0.3 is 5.97 Å². The number of allylic oxidation sites excluding steroid dienone is 1. The minimum absolute atomic E-state index is 0. The smallest absolute Gasteiger partial charge is 0.374 e. The normalized spacial score (nSPS) is 10.7. The molecular formula is C13H13NNaO3. The zero-order valence-corrected chi connectivity index (χ0v) is 12.7. The number of esters is 1. The number of nitriles is 1. The molecule has 1 rings (SSSR count). The van der Waals surface area contributed by atoms with E-state index in [9.17, 15) is 9.90 Å². The third-order valence-electron chi connectivity index (χ3n) is 2.16. The van der Waals surface area contributed by atoms with Crippen LogP contribution in [-0.4, -0.2) is 47.2 Å². The Bertz CT molecular complexity index is 486. The Morgan fingerprint density at radius 3 is 2.39 bits per heavy atom. The third kappa shape index (κ3) is 4.19. The van der Waals surface area contributed by atoms with Crippen LogP contribution in [-0.2, 0) is 9.53 Å². The molecular weight excluding hydrogens is 241 g/mol. The van der Waals surface area contributed by atoms with E-state index in [0.717, 1.165) is 5.56 Å². The summed E-state index contributed by atoms with van der Waals surface area (Å²) in [4.78, 5) is 11.3. The van der Waals surface area contributed by atoms with Crippen molar-refractivity contribution in [3.63, 3.8) is 0 Å². The second kappa shape index (κ2) is 7.93. The summed E-state index contributed by atoms with van der Waals surface area (Å²) in [7, 11) is 0. The molecule has 1 N–H and O–H groups in total. The van der Waals surface area contributed by atoms with E-state index in [0.29, 0.717) is 5.56 Å². The van der Waals surface area contributed by atoms with Gasteiger partial charge in [-0.2, -0.15) is 5.26 Å². The van der Waals surface area contributed by atoms with Gasteiger partial charge in [-0.05, 0) is 19.4 Å². The zero-order valence-electron chi connectivity index (χ0n) is 10.7. The van der Waals surface area contributed by atoms with E-state index in [-0.39, 0.29) is 41.7 Å². The van der Waals surface area contributed by atoms with Crippen molar-refractivity contribution in [1.29, 1.82) is 5.26 Å². The molecule has 4 nitrogen and oxygen atoms in total. The van der Waals surface area contributed by atoms with E-state index in [2.05, 4.69) is 4.74 Å². The number of carbonyl (C=O) groups is 1. The molecule has 0 aliphatic heterocycles. The molecule has 0 aromatic heterocycles. The Morgan fingerprint density at radius 1 is 1.39 bits per heavy atom. The van der Waals surface area contributed by atoms with Crippen molar-refractivity contribution in [2.24, 2.45) is 0 Å². The fraction of sp³-hybridized carbons (Fsp3) is 0.231. The van der Waals surface area contributed by atoms with Crippen LogP contribution in [0.15, 0.2) is 30.0 Å². The van der Waals surface area contributed by atoms with Crippen LogP contribution >= 0.6 is 0 Å². The predicted molar refractivity (Wildman–Crippen MR) is 68.7 cm³/mol. The second-order valence-corrected chi connectivity index (χ2v) is 3.42. The van der Waals surface area contributed by atoms with Crippen LogP contribution in [0.1, 0.15) is 18.1 Å². The van der Waals surface area contributed by atoms with Gasteiger partial charge < -0.3 is 9.84 Å². The molecule has 89 valence electrons. The van der Waals surface area contributed by atoms with E-state index in [1.165, 1.54) is 0 Å². The molecule has 0 saturated carbocycles. The van der Waals surface area contributed by atoms with Crippen molar-refractivity contribution in [3.05, 3.63) is 41.2 Å². The molecule has 0 amide bonds. The maximum absolute atomic E-state index is 11.3. The molecule has 0 heterocycles. The number of nitrogens with zero attached hydrogens (tertiary/aromatic N) is 1. The molecule has 0 atom stereocenters. The Kier molecular flexibility index (Phi) is 7.37. The second-order valence-electron chi connectivity index (χ2n) is 3.42. The van der Waals surface area contributed by atoms with Crippen LogP contribution in [0, 0.1) is 18.3 Å². The van der Waals surface area contributed by atoms with Crippen molar-refractivity contribution in [1.82, 2.24) is 0 Å². The van der Waals surface area contributed by atoms with Gasteiger partial charge in [0, 0.05) is 29.6 Å². The van der Waals surface area contributed by atoms with Gasteiger partial charge in [-0.3, -0.25) is 0 Å². The van der Waals surface area contributed by atoms with Gasteiger partial charge in [-0.25, -0.2) is 4.79 Å². The number of benzene rings is 1. The first kappa shape index (κ1) is 16.7. The quantitative estimate of drug-likeness (QED) is 0.294. The standard InChI is InChI=1S/C13H13NO3.Na/c1-3-17-13(16)12(15)11(8-14)10-6-4-9(2)5-7-10;/h4-7,15H,3H2,1-2H3;/b12-11-;. The maximum Gasteiger partial charge on any atom is 0.374 e. The fourth-order valence-electron chi connectivity index (χ4n) is 1.28. The molecule has 5 heteroatoms. The topological polar surface area (TPSA) is 70.3 Å². The third-order valence-corrected chi connectivity index (χ3v) is 2.16. The molecule has 0 bridgehead atoms. The first-order valence-corrected chi connectivity index (χ1v) is 5.17. The number of ether oxygens (including phenoxy) is 1. The summed E-state index contributed by atoms with van der Waals surface area (Å²) in [5, 5.41) is 18.6. The Morgan fingerprint density at radius 2 is 1.94 bits per heavy atom. The SMILES string of the molecule is CCOC(=O)/C(O)=C(\C#N)c1ccc(C)cc1.[Na]. The molecule has 0 unspecified atom stereocenters. The number of aryl methyl sites for hydroxylation is 1. The van der Waals surface area contributed by atoms with Crippen molar-refractivity contribution >= 4 is 41.1 Å². The van der Waals surface area contributed by atoms with E-state index >= 15 is 0 Å². The van der Waals surface area contributed by atoms with Crippen LogP contribution in [0.3, 0.4) is 0 Å². The molecule has 1 aromatic carbocycles. The van der Waals surface area contributed by atoms with E-state index < -0.39 is 11.7 Å². The van der Waals surface area contributed by atoms with Crippen molar-refractivity contribution < 1.29 is 14.6 Å². The van der Waals surface area contributed by atoms with E-state index in [1.54, 1.807) is 37.3 Å². The van der Waals surface area contributed by atoms with E-state index in [1.807, 2.05) is 6.92 Å². The van der Waals surface area contributed by atoms with Crippen LogP contribution in [0.2, 0.25) is 0 Å². The average molecular weight is 254 g/mol. The monoisotopic (exact) mass is 254 g/mol. The maximum atomic E-state index is 11.3. The van der Waals surface area contributed by atoms with Gasteiger partial charge in [0.2, 0.25) is 5.76 Å². The number of hydrogen-bond acceptors (Lipinski definition) is 4. The predicted octanol–water partition coefficient (Wildman–Crippen LogP) is 1.97. The Hall–Kier alpha value is -1.28. The number of aliphatic hydroxyl groups excluding tert-OH is 1. The molecule has 18 heavy (non-hydrogen) atoms. The first-order valence-electron chi connectivity index (χ1n) is 5.17. The minimum atomic E-state index is -0.885. The number of carbonyl (C=O) groups excluding carboxylic acids is 1. The summed E-state index contributed by atoms with van der Waals surface area (Å²) >= 11 is 0. The molecule has 0 aliphatic rings. The fourth-order valence-corrected chi connectivity index (χ4v) is 1.28. The van der Waals surface area contributed by atoms with Crippen LogP contribution in [0.4, 0.5) is 0 Å². The van der Waals surface area contributed by atoms with Gasteiger partial charge in [0.15, 0.2) is 0 Å². The average Bonchev–Trinajstić information content (AvgIpc) is 2.32. The summed E-state index contributed by atoms with van der Waals surface area (Å²) < 4.78 is 4.63. The summed E-state index contributed by atoms with van der Waals surface area (Å²) in [5.74, 6) is -1.54.